The van der Waals surface area contributed by atoms with Crippen LogP contribution >= 0.6 is 11.8 Å². The van der Waals surface area contributed by atoms with E-state index in [1.807, 2.05) is 36.4 Å². The molecule has 2 aromatic carbocycles. The molecule has 4 heteroatoms. The first-order valence-corrected chi connectivity index (χ1v) is 6.96. The van der Waals surface area contributed by atoms with Gasteiger partial charge in [-0.05, 0) is 17.7 Å². The van der Waals surface area contributed by atoms with Crippen molar-refractivity contribution in [2.45, 2.75) is 11.5 Å². The molecule has 0 aliphatic carbocycles. The second kappa shape index (κ2) is 7.07. The smallest absolute Gasteiger partial charge is 0.134 e. The summed E-state index contributed by atoms with van der Waals surface area (Å²) < 4.78 is 10.9. The van der Waals surface area contributed by atoms with Gasteiger partial charge in [0.15, 0.2) is 0 Å². The van der Waals surface area contributed by atoms with Gasteiger partial charge in [-0.15, -0.1) is 0 Å². The third-order valence-electron chi connectivity index (χ3n) is 2.60. The molecule has 0 saturated heterocycles. The monoisotopic (exact) mass is 275 g/mol. The van der Waals surface area contributed by atoms with Gasteiger partial charge in [-0.3, -0.25) is 0 Å². The van der Waals surface area contributed by atoms with Crippen LogP contribution in [0.1, 0.15) is 5.56 Å². The quantitative estimate of drug-likeness (QED) is 0.379. The van der Waals surface area contributed by atoms with Gasteiger partial charge in [0.05, 0.1) is 24.6 Å². The van der Waals surface area contributed by atoms with Crippen LogP contribution < -0.4 is 10.5 Å². The van der Waals surface area contributed by atoms with E-state index in [9.17, 15) is 0 Å². The van der Waals surface area contributed by atoms with Crippen LogP contribution in [-0.4, -0.2) is 13.0 Å². The largest absolute Gasteiger partial charge is 0.496 e. The van der Waals surface area contributed by atoms with Crippen molar-refractivity contribution in [2.75, 3.05) is 18.8 Å². The van der Waals surface area contributed by atoms with Gasteiger partial charge in [0.2, 0.25) is 0 Å². The number of anilines is 1. The molecule has 0 bridgehead atoms. The van der Waals surface area contributed by atoms with Crippen LogP contribution in [0, 0.1) is 0 Å². The first-order chi connectivity index (χ1) is 9.29. The number of methoxy groups -OCH3 is 1. The molecule has 3 nitrogen and oxygen atoms in total. The number of rotatable bonds is 6. The molecule has 0 saturated carbocycles. The molecular weight excluding hydrogens is 258 g/mol. The molecule has 0 aliphatic heterocycles. The number of ether oxygens (including phenoxy) is 2. The van der Waals surface area contributed by atoms with Crippen LogP contribution in [0.25, 0.3) is 0 Å². The second-order valence-corrected chi connectivity index (χ2v) is 4.97. The lowest BCUT2D eigenvalue weighted by molar-refractivity contribution is 0.169. The van der Waals surface area contributed by atoms with Gasteiger partial charge in [0.25, 0.3) is 0 Å². The van der Waals surface area contributed by atoms with Crippen LogP contribution in [0.2, 0.25) is 0 Å². The van der Waals surface area contributed by atoms with Crippen LogP contribution in [0.3, 0.4) is 0 Å². The van der Waals surface area contributed by atoms with E-state index in [2.05, 4.69) is 12.1 Å². The molecule has 0 radical (unpaired) electrons. The van der Waals surface area contributed by atoms with Crippen molar-refractivity contribution in [3.05, 3.63) is 54.1 Å². The highest BCUT2D eigenvalue weighted by Crippen LogP contribution is 2.31. The molecule has 0 atom stereocenters. The summed E-state index contributed by atoms with van der Waals surface area (Å²) in [5.41, 5.74) is 7.59. The Balaban J connectivity index is 1.83. The third-order valence-corrected chi connectivity index (χ3v) is 3.53. The third kappa shape index (κ3) is 4.19. The molecule has 19 heavy (non-hydrogen) atoms. The molecule has 0 unspecified atom stereocenters. The Bertz CT molecular complexity index is 517. The van der Waals surface area contributed by atoms with Gasteiger partial charge >= 0.3 is 0 Å². The zero-order chi connectivity index (χ0) is 13.5. The highest BCUT2D eigenvalue weighted by atomic mass is 32.2. The molecule has 0 heterocycles. The fraction of sp³-hybridized carbons (Fsp3) is 0.200. The zero-order valence-corrected chi connectivity index (χ0v) is 11.7. The number of thioether (sulfide) groups is 1. The summed E-state index contributed by atoms with van der Waals surface area (Å²) in [7, 11) is 1.64. The van der Waals surface area contributed by atoms with Gasteiger partial charge in [-0.1, -0.05) is 42.1 Å². The van der Waals surface area contributed by atoms with E-state index in [1.54, 1.807) is 18.9 Å². The highest BCUT2D eigenvalue weighted by Gasteiger charge is 2.04. The van der Waals surface area contributed by atoms with Crippen molar-refractivity contribution >= 4 is 17.4 Å². The van der Waals surface area contributed by atoms with Crippen LogP contribution in [0.15, 0.2) is 53.4 Å². The van der Waals surface area contributed by atoms with Crippen molar-refractivity contribution in [1.82, 2.24) is 0 Å². The number of hydrogen-bond acceptors (Lipinski definition) is 4. The van der Waals surface area contributed by atoms with E-state index in [0.29, 0.717) is 18.2 Å². The maximum absolute atomic E-state index is 5.71. The number of benzene rings is 2. The Morgan fingerprint density at radius 3 is 2.63 bits per heavy atom. The average Bonchev–Trinajstić information content (AvgIpc) is 2.46. The normalized spacial score (nSPS) is 10.4. The summed E-state index contributed by atoms with van der Waals surface area (Å²) in [6.07, 6.45) is 0. The predicted molar refractivity (Wildman–Crippen MR) is 79.4 cm³/mol. The molecule has 0 spiro atoms. The molecule has 2 N–H and O–H groups in total. The van der Waals surface area contributed by atoms with E-state index >= 15 is 0 Å². The van der Waals surface area contributed by atoms with Crippen molar-refractivity contribution in [2.24, 2.45) is 0 Å². The Morgan fingerprint density at radius 2 is 1.89 bits per heavy atom. The van der Waals surface area contributed by atoms with Crippen LogP contribution in [0.4, 0.5) is 5.69 Å². The second-order valence-electron chi connectivity index (χ2n) is 4.01. The molecule has 0 aromatic heterocycles. The summed E-state index contributed by atoms with van der Waals surface area (Å²) >= 11 is 1.60. The highest BCUT2D eigenvalue weighted by molar-refractivity contribution is 7.99. The Hall–Kier alpha value is -1.65. The fourth-order valence-corrected chi connectivity index (χ4v) is 2.38. The van der Waals surface area contributed by atoms with E-state index in [1.165, 1.54) is 5.56 Å². The fourth-order valence-electron chi connectivity index (χ4n) is 1.64. The Morgan fingerprint density at radius 1 is 1.11 bits per heavy atom. The molecule has 0 amide bonds. The molecule has 2 aromatic rings. The van der Waals surface area contributed by atoms with Gasteiger partial charge in [-0.2, -0.15) is 0 Å². The van der Waals surface area contributed by atoms with Gasteiger partial charge in [0.1, 0.15) is 5.75 Å². The SMILES string of the molecule is COc1cc(N)ccc1SCOCc1ccccc1. The lowest BCUT2D eigenvalue weighted by Crippen LogP contribution is -1.94. The van der Waals surface area contributed by atoms with Gasteiger partial charge in [-0.25, -0.2) is 0 Å². The maximum atomic E-state index is 5.71. The topological polar surface area (TPSA) is 44.5 Å². The van der Waals surface area contributed by atoms with Crippen molar-refractivity contribution in [1.29, 1.82) is 0 Å². The Labute approximate surface area is 117 Å². The van der Waals surface area contributed by atoms with Crippen molar-refractivity contribution in [3.63, 3.8) is 0 Å². The molecular formula is C15H17NO2S. The zero-order valence-electron chi connectivity index (χ0n) is 10.8. The van der Waals surface area contributed by atoms with E-state index in [-0.39, 0.29) is 0 Å². The summed E-state index contributed by atoms with van der Waals surface area (Å²) in [4.78, 5) is 1.03. The minimum Gasteiger partial charge on any atom is -0.496 e. The van der Waals surface area contributed by atoms with Crippen LogP contribution in [-0.2, 0) is 11.3 Å². The van der Waals surface area contributed by atoms with Crippen molar-refractivity contribution < 1.29 is 9.47 Å². The lowest BCUT2D eigenvalue weighted by Gasteiger charge is -2.09. The van der Waals surface area contributed by atoms with Gasteiger partial charge in [0, 0.05) is 11.8 Å². The van der Waals surface area contributed by atoms with E-state index < -0.39 is 0 Å². The average molecular weight is 275 g/mol. The minimum absolute atomic E-state index is 0.579. The molecule has 0 aliphatic rings. The minimum atomic E-state index is 0.579. The van der Waals surface area contributed by atoms with Crippen LogP contribution in [0.5, 0.6) is 5.75 Å². The molecule has 2 rings (SSSR count). The summed E-state index contributed by atoms with van der Waals surface area (Å²) in [6.45, 7) is 0.616. The molecule has 0 fully saturated rings. The number of hydrogen-bond donors (Lipinski definition) is 1. The summed E-state index contributed by atoms with van der Waals surface area (Å²) in [5.74, 6) is 1.36. The first kappa shape index (κ1) is 13.8. The number of nitrogen functional groups attached to an aromatic ring is 1. The Kier molecular flexibility index (Phi) is 5.12. The molecule has 100 valence electrons. The van der Waals surface area contributed by atoms with Crippen molar-refractivity contribution in [3.8, 4) is 5.75 Å². The lowest BCUT2D eigenvalue weighted by atomic mass is 10.2. The van der Waals surface area contributed by atoms with E-state index in [4.69, 9.17) is 15.2 Å². The summed E-state index contributed by atoms with van der Waals surface area (Å²) in [5, 5.41) is 0. The predicted octanol–water partition coefficient (Wildman–Crippen LogP) is 3.54. The van der Waals surface area contributed by atoms with E-state index in [0.717, 1.165) is 10.6 Å². The van der Waals surface area contributed by atoms with Gasteiger partial charge < -0.3 is 15.2 Å². The summed E-state index contributed by atoms with van der Waals surface area (Å²) in [6, 6.07) is 15.7. The maximum Gasteiger partial charge on any atom is 0.134 e. The standard InChI is InChI=1S/C15H17NO2S/c1-17-14-9-13(16)7-8-15(14)19-11-18-10-12-5-3-2-4-6-12/h2-9H,10-11,16H2,1H3. The number of nitrogens with two attached hydrogens (primary N) is 1. The first-order valence-electron chi connectivity index (χ1n) is 5.97.